The van der Waals surface area contributed by atoms with Gasteiger partial charge in [0.2, 0.25) is 0 Å². The number of amides is 1. The number of aryl methyl sites for hydroxylation is 2. The molecule has 1 N–H and O–H groups in total. The van der Waals surface area contributed by atoms with Gasteiger partial charge in [-0.2, -0.15) is 0 Å². The molecule has 0 spiro atoms. The third kappa shape index (κ3) is 2.38. The van der Waals surface area contributed by atoms with E-state index in [2.05, 4.69) is 15.5 Å². The van der Waals surface area contributed by atoms with E-state index in [4.69, 9.17) is 0 Å². The molecule has 3 rings (SSSR count). The average Bonchev–Trinajstić information content (AvgIpc) is 2.85. The topological polar surface area (TPSA) is 59.3 Å². The first-order chi connectivity index (χ1) is 10.1. The van der Waals surface area contributed by atoms with Crippen molar-refractivity contribution >= 4 is 17.2 Å². The van der Waals surface area contributed by atoms with Crippen LogP contribution < -0.4 is 5.32 Å². The maximum absolute atomic E-state index is 12.4. The Morgan fingerprint density at radius 2 is 1.95 bits per heavy atom. The zero-order valence-corrected chi connectivity index (χ0v) is 12.2. The summed E-state index contributed by atoms with van der Waals surface area (Å²) in [5.41, 5.74) is 4.29. The van der Waals surface area contributed by atoms with E-state index in [1.807, 2.05) is 49.6 Å². The smallest absolute Gasteiger partial charge is 0.255 e. The summed E-state index contributed by atoms with van der Waals surface area (Å²) < 4.78 is 1.84. The highest BCUT2D eigenvalue weighted by atomic mass is 16.1. The summed E-state index contributed by atoms with van der Waals surface area (Å²) in [6.45, 7) is 5.89. The summed E-state index contributed by atoms with van der Waals surface area (Å²) in [7, 11) is 0. The van der Waals surface area contributed by atoms with Gasteiger partial charge in [0.25, 0.3) is 5.91 Å². The molecule has 2 heterocycles. The van der Waals surface area contributed by atoms with E-state index in [0.29, 0.717) is 11.2 Å². The highest BCUT2D eigenvalue weighted by molar-refractivity contribution is 6.05. The van der Waals surface area contributed by atoms with Gasteiger partial charge in [-0.05, 0) is 50.1 Å². The van der Waals surface area contributed by atoms with Gasteiger partial charge >= 0.3 is 0 Å². The van der Waals surface area contributed by atoms with Crippen molar-refractivity contribution in [2.75, 3.05) is 5.32 Å². The normalized spacial score (nSPS) is 10.8. The molecule has 3 aromatic rings. The molecule has 0 aliphatic carbocycles. The minimum absolute atomic E-state index is 0.146. The number of nitrogens with one attached hydrogen (secondary N) is 1. The third-order valence-corrected chi connectivity index (χ3v) is 3.70. The van der Waals surface area contributed by atoms with Gasteiger partial charge in [-0.25, -0.2) is 0 Å². The Hall–Kier alpha value is -2.69. The summed E-state index contributed by atoms with van der Waals surface area (Å²) >= 11 is 0. The van der Waals surface area contributed by atoms with E-state index >= 15 is 0 Å². The van der Waals surface area contributed by atoms with Crippen LogP contribution in [-0.4, -0.2) is 20.5 Å². The van der Waals surface area contributed by atoms with E-state index in [0.717, 1.165) is 22.6 Å². The monoisotopic (exact) mass is 280 g/mol. The van der Waals surface area contributed by atoms with Crippen LogP contribution in [0.5, 0.6) is 0 Å². The first-order valence-electron chi connectivity index (χ1n) is 6.75. The molecule has 0 saturated heterocycles. The van der Waals surface area contributed by atoms with Gasteiger partial charge in [-0.1, -0.05) is 12.1 Å². The fourth-order valence-electron chi connectivity index (χ4n) is 2.23. The number of aromatic nitrogens is 3. The minimum atomic E-state index is -0.146. The fourth-order valence-corrected chi connectivity index (χ4v) is 2.23. The highest BCUT2D eigenvalue weighted by Crippen LogP contribution is 2.19. The molecule has 5 nitrogen and oxygen atoms in total. The number of pyridine rings is 1. The van der Waals surface area contributed by atoms with E-state index < -0.39 is 0 Å². The van der Waals surface area contributed by atoms with Crippen molar-refractivity contribution < 1.29 is 4.79 Å². The first-order valence-corrected chi connectivity index (χ1v) is 6.75. The average molecular weight is 280 g/mol. The molecule has 0 aliphatic heterocycles. The SMILES string of the molecule is Cc1cccc(NC(=O)c2ccn3c(C)nnc3c2)c1C. The molecule has 0 bridgehead atoms. The Morgan fingerprint density at radius 3 is 2.76 bits per heavy atom. The number of hydrogen-bond acceptors (Lipinski definition) is 3. The molecule has 1 aromatic carbocycles. The number of fused-ring (bicyclic) bond motifs is 1. The number of nitrogens with zero attached hydrogens (tertiary/aromatic N) is 3. The van der Waals surface area contributed by atoms with Gasteiger partial charge in [0.1, 0.15) is 5.82 Å². The Kier molecular flexibility index (Phi) is 3.17. The van der Waals surface area contributed by atoms with Crippen LogP contribution in [0.2, 0.25) is 0 Å². The number of hydrogen-bond donors (Lipinski definition) is 1. The Bertz CT molecular complexity index is 835. The molecule has 0 aliphatic rings. The van der Waals surface area contributed by atoms with E-state index in [1.165, 1.54) is 0 Å². The van der Waals surface area contributed by atoms with Gasteiger partial charge in [-0.15, -0.1) is 10.2 Å². The van der Waals surface area contributed by atoms with Crippen molar-refractivity contribution in [1.29, 1.82) is 0 Å². The van der Waals surface area contributed by atoms with Crippen molar-refractivity contribution in [3.8, 4) is 0 Å². The molecular formula is C16H16N4O. The molecule has 5 heteroatoms. The van der Waals surface area contributed by atoms with Crippen LogP contribution in [0.25, 0.3) is 5.65 Å². The molecule has 0 radical (unpaired) electrons. The predicted molar refractivity (Wildman–Crippen MR) is 81.6 cm³/mol. The number of rotatable bonds is 2. The third-order valence-electron chi connectivity index (χ3n) is 3.70. The quantitative estimate of drug-likeness (QED) is 0.785. The van der Waals surface area contributed by atoms with Gasteiger partial charge in [0, 0.05) is 17.4 Å². The summed E-state index contributed by atoms with van der Waals surface area (Å²) in [5.74, 6) is 0.651. The van der Waals surface area contributed by atoms with Crippen LogP contribution in [0.4, 0.5) is 5.69 Å². The largest absolute Gasteiger partial charge is 0.322 e. The fraction of sp³-hybridized carbons (Fsp3) is 0.188. The van der Waals surface area contributed by atoms with Crippen molar-refractivity contribution in [2.45, 2.75) is 20.8 Å². The summed E-state index contributed by atoms with van der Waals surface area (Å²) in [5, 5.41) is 11.0. The van der Waals surface area contributed by atoms with Crippen LogP contribution in [0.1, 0.15) is 27.3 Å². The lowest BCUT2D eigenvalue weighted by molar-refractivity contribution is 0.102. The second-order valence-corrected chi connectivity index (χ2v) is 5.09. The van der Waals surface area contributed by atoms with Crippen molar-refractivity contribution in [1.82, 2.24) is 14.6 Å². The molecule has 21 heavy (non-hydrogen) atoms. The lowest BCUT2D eigenvalue weighted by Crippen LogP contribution is -2.13. The van der Waals surface area contributed by atoms with Gasteiger partial charge < -0.3 is 5.32 Å². The maximum Gasteiger partial charge on any atom is 0.255 e. The Balaban J connectivity index is 1.91. The molecule has 1 amide bonds. The van der Waals surface area contributed by atoms with Crippen LogP contribution in [0.3, 0.4) is 0 Å². The molecule has 2 aromatic heterocycles. The molecule has 0 atom stereocenters. The summed E-state index contributed by atoms with van der Waals surface area (Å²) in [6.07, 6.45) is 1.81. The maximum atomic E-state index is 12.4. The predicted octanol–water partition coefficient (Wildman–Crippen LogP) is 2.91. The van der Waals surface area contributed by atoms with E-state index in [-0.39, 0.29) is 5.91 Å². The van der Waals surface area contributed by atoms with Gasteiger partial charge in [0.15, 0.2) is 5.65 Å². The van der Waals surface area contributed by atoms with Crippen LogP contribution >= 0.6 is 0 Å². The number of benzene rings is 1. The standard InChI is InChI=1S/C16H16N4O/c1-10-5-4-6-14(11(10)2)17-16(21)13-7-8-20-12(3)18-19-15(20)9-13/h4-9H,1-3H3,(H,17,21). The molecule has 106 valence electrons. The first kappa shape index (κ1) is 13.3. The number of carbonyl (C=O) groups is 1. The highest BCUT2D eigenvalue weighted by Gasteiger charge is 2.10. The van der Waals surface area contributed by atoms with Crippen molar-refractivity contribution in [3.05, 3.63) is 59.0 Å². The number of carbonyl (C=O) groups excluding carboxylic acids is 1. The van der Waals surface area contributed by atoms with E-state index in [9.17, 15) is 4.79 Å². The Labute approximate surface area is 122 Å². The van der Waals surface area contributed by atoms with Gasteiger partial charge in [-0.3, -0.25) is 9.20 Å². The zero-order valence-electron chi connectivity index (χ0n) is 12.2. The lowest BCUT2D eigenvalue weighted by atomic mass is 10.1. The number of anilines is 1. The van der Waals surface area contributed by atoms with Crippen LogP contribution in [0.15, 0.2) is 36.5 Å². The Morgan fingerprint density at radius 1 is 1.14 bits per heavy atom. The minimum Gasteiger partial charge on any atom is -0.322 e. The summed E-state index contributed by atoms with van der Waals surface area (Å²) in [4.78, 5) is 12.4. The van der Waals surface area contributed by atoms with Crippen LogP contribution in [-0.2, 0) is 0 Å². The summed E-state index contributed by atoms with van der Waals surface area (Å²) in [6, 6.07) is 9.36. The second kappa shape index (κ2) is 5.01. The van der Waals surface area contributed by atoms with E-state index in [1.54, 1.807) is 12.1 Å². The zero-order chi connectivity index (χ0) is 15.0. The molecule has 0 saturated carbocycles. The van der Waals surface area contributed by atoms with Crippen molar-refractivity contribution in [3.63, 3.8) is 0 Å². The molecular weight excluding hydrogens is 264 g/mol. The molecule has 0 fully saturated rings. The van der Waals surface area contributed by atoms with Gasteiger partial charge in [0.05, 0.1) is 0 Å². The van der Waals surface area contributed by atoms with Crippen molar-refractivity contribution in [2.24, 2.45) is 0 Å². The molecule has 0 unspecified atom stereocenters. The lowest BCUT2D eigenvalue weighted by Gasteiger charge is -2.10. The second-order valence-electron chi connectivity index (χ2n) is 5.09. The van der Waals surface area contributed by atoms with Crippen LogP contribution in [0, 0.1) is 20.8 Å².